The van der Waals surface area contributed by atoms with Crippen molar-refractivity contribution in [2.45, 2.75) is 24.6 Å². The highest BCUT2D eigenvalue weighted by molar-refractivity contribution is 5.79. The fourth-order valence-corrected chi connectivity index (χ4v) is 5.15. The van der Waals surface area contributed by atoms with Gasteiger partial charge in [-0.15, -0.1) is 0 Å². The number of nitrogens with one attached hydrogen (secondary N) is 1. The van der Waals surface area contributed by atoms with Crippen LogP contribution in [0.2, 0.25) is 0 Å². The topological polar surface area (TPSA) is 65.1 Å². The molecular weight excluding hydrogens is 442 g/mol. The van der Waals surface area contributed by atoms with Crippen molar-refractivity contribution in [3.8, 4) is 0 Å². The van der Waals surface area contributed by atoms with Crippen molar-refractivity contribution in [1.82, 2.24) is 20.0 Å². The normalized spacial score (nSPS) is 23.6. The third-order valence-electron chi connectivity index (χ3n) is 6.92. The number of piperidine rings is 1. The zero-order valence-corrected chi connectivity index (χ0v) is 18.8. The molecule has 0 radical (unpaired) electrons. The fraction of sp³-hybridized carbons (Fsp3) is 0.440. The molecule has 2 aromatic rings. The van der Waals surface area contributed by atoms with Crippen LogP contribution in [0.15, 0.2) is 48.5 Å². The number of nitrogens with zero attached hydrogens (tertiary/aromatic N) is 3. The smallest absolute Gasteiger partial charge is 0.320 e. The molecule has 3 heterocycles. The van der Waals surface area contributed by atoms with E-state index >= 15 is 0 Å². The number of halogens is 2. The van der Waals surface area contributed by atoms with Crippen molar-refractivity contribution in [2.75, 3.05) is 45.9 Å². The second-order valence-corrected chi connectivity index (χ2v) is 9.07. The van der Waals surface area contributed by atoms with E-state index in [0.717, 1.165) is 11.1 Å². The molecule has 3 aliphatic heterocycles. The Morgan fingerprint density at radius 3 is 2.06 bits per heavy atom. The number of hydrogen-bond acceptors (Lipinski definition) is 4. The van der Waals surface area contributed by atoms with E-state index in [4.69, 9.17) is 4.74 Å². The molecule has 180 valence electrons. The molecular formula is C25H28F2N4O3. The molecule has 3 saturated heterocycles. The third-order valence-corrected chi connectivity index (χ3v) is 6.92. The van der Waals surface area contributed by atoms with E-state index in [9.17, 15) is 18.4 Å². The molecule has 9 heteroatoms. The molecule has 3 fully saturated rings. The largest absolute Gasteiger partial charge is 0.366 e. The van der Waals surface area contributed by atoms with Gasteiger partial charge >= 0.3 is 6.03 Å². The minimum absolute atomic E-state index is 0.0296. The summed E-state index contributed by atoms with van der Waals surface area (Å²) in [6, 6.07) is 12.4. The van der Waals surface area contributed by atoms with Crippen LogP contribution >= 0.6 is 0 Å². The molecule has 1 N–H and O–H groups in total. The number of piperazine rings is 1. The molecule has 0 spiro atoms. The summed E-state index contributed by atoms with van der Waals surface area (Å²) in [4.78, 5) is 30.7. The van der Waals surface area contributed by atoms with Gasteiger partial charge in [-0.2, -0.15) is 0 Å². The second-order valence-electron chi connectivity index (χ2n) is 9.07. The Kier molecular flexibility index (Phi) is 6.47. The van der Waals surface area contributed by atoms with Crippen LogP contribution in [0.1, 0.15) is 23.6 Å². The van der Waals surface area contributed by atoms with E-state index in [0.29, 0.717) is 45.7 Å². The number of rotatable bonds is 3. The number of hydrogen-bond donors (Lipinski definition) is 1. The van der Waals surface area contributed by atoms with E-state index in [-0.39, 0.29) is 48.4 Å². The van der Waals surface area contributed by atoms with Crippen LogP contribution in [-0.4, -0.2) is 84.7 Å². The summed E-state index contributed by atoms with van der Waals surface area (Å²) in [5, 5.41) is 2.93. The van der Waals surface area contributed by atoms with Gasteiger partial charge < -0.3 is 19.9 Å². The van der Waals surface area contributed by atoms with Crippen molar-refractivity contribution in [2.24, 2.45) is 0 Å². The number of carbonyl (C=O) groups excluding carboxylic acids is 2. The van der Waals surface area contributed by atoms with Gasteiger partial charge in [-0.25, -0.2) is 13.6 Å². The lowest BCUT2D eigenvalue weighted by Crippen LogP contribution is -2.63. The maximum Gasteiger partial charge on any atom is 0.320 e. The second kappa shape index (κ2) is 9.68. The molecule has 0 aromatic heterocycles. The Hall–Kier alpha value is -3.04. The standard InChI is InChI=1S/C25H28F2N4O3/c26-19-5-1-17(2-6-19)24(18-3-7-20(27)8-4-18)29-11-13-30(14-12-29)25(33)31-10-9-22-21(15-31)28-23(32)16-34-22/h1-8,21-22,24H,9-16H2,(H,28,32)/t21-,22?/m1/s1. The number of morpholine rings is 1. The molecule has 2 aromatic carbocycles. The van der Waals surface area contributed by atoms with Crippen molar-refractivity contribution in [1.29, 1.82) is 0 Å². The van der Waals surface area contributed by atoms with Gasteiger partial charge in [-0.3, -0.25) is 9.69 Å². The highest BCUT2D eigenvalue weighted by Gasteiger charge is 2.38. The number of benzene rings is 2. The molecule has 0 aliphatic carbocycles. The molecule has 5 rings (SSSR count). The Bertz CT molecular complexity index is 980. The van der Waals surface area contributed by atoms with E-state index < -0.39 is 0 Å². The summed E-state index contributed by atoms with van der Waals surface area (Å²) in [6.07, 6.45) is 0.666. The van der Waals surface area contributed by atoms with Gasteiger partial charge in [-0.05, 0) is 41.8 Å². The maximum atomic E-state index is 13.5. The number of amides is 3. The molecule has 1 unspecified atom stereocenters. The van der Waals surface area contributed by atoms with Crippen LogP contribution in [0.3, 0.4) is 0 Å². The predicted octanol–water partition coefficient (Wildman–Crippen LogP) is 2.38. The van der Waals surface area contributed by atoms with Crippen LogP contribution in [0.25, 0.3) is 0 Å². The van der Waals surface area contributed by atoms with E-state index in [1.54, 1.807) is 29.2 Å². The first-order valence-electron chi connectivity index (χ1n) is 11.7. The Morgan fingerprint density at radius 1 is 0.882 bits per heavy atom. The molecule has 0 saturated carbocycles. The summed E-state index contributed by atoms with van der Waals surface area (Å²) in [5.74, 6) is -0.752. The summed E-state index contributed by atoms with van der Waals surface area (Å²) in [5.41, 5.74) is 1.84. The highest BCUT2D eigenvalue weighted by atomic mass is 19.1. The molecule has 3 amide bonds. The number of urea groups is 1. The minimum Gasteiger partial charge on any atom is -0.366 e. The minimum atomic E-state index is -0.305. The van der Waals surface area contributed by atoms with Crippen molar-refractivity contribution < 1.29 is 23.1 Å². The number of fused-ring (bicyclic) bond motifs is 1. The van der Waals surface area contributed by atoms with E-state index in [1.807, 2.05) is 4.90 Å². The first kappa shape index (κ1) is 22.7. The van der Waals surface area contributed by atoms with Gasteiger partial charge in [-0.1, -0.05) is 24.3 Å². The van der Waals surface area contributed by atoms with E-state index in [2.05, 4.69) is 10.2 Å². The van der Waals surface area contributed by atoms with Gasteiger partial charge in [0, 0.05) is 39.3 Å². The molecule has 3 aliphatic rings. The van der Waals surface area contributed by atoms with Crippen LogP contribution in [-0.2, 0) is 9.53 Å². The number of carbonyl (C=O) groups is 2. The van der Waals surface area contributed by atoms with Gasteiger partial charge in [0.25, 0.3) is 0 Å². The van der Waals surface area contributed by atoms with Gasteiger partial charge in [0.05, 0.1) is 18.2 Å². The highest BCUT2D eigenvalue weighted by Crippen LogP contribution is 2.30. The fourth-order valence-electron chi connectivity index (χ4n) is 5.15. The van der Waals surface area contributed by atoms with E-state index in [1.165, 1.54) is 24.3 Å². The Balaban J connectivity index is 1.26. The first-order valence-corrected chi connectivity index (χ1v) is 11.7. The van der Waals surface area contributed by atoms with Crippen molar-refractivity contribution >= 4 is 11.9 Å². The zero-order valence-electron chi connectivity index (χ0n) is 18.8. The van der Waals surface area contributed by atoms with Crippen LogP contribution in [0.4, 0.5) is 13.6 Å². The number of ether oxygens (including phenoxy) is 1. The Labute approximate surface area is 197 Å². The van der Waals surface area contributed by atoms with Crippen molar-refractivity contribution in [3.63, 3.8) is 0 Å². The van der Waals surface area contributed by atoms with Gasteiger partial charge in [0.2, 0.25) is 5.91 Å². The quantitative estimate of drug-likeness (QED) is 0.748. The van der Waals surface area contributed by atoms with Crippen LogP contribution in [0, 0.1) is 11.6 Å². The monoisotopic (exact) mass is 470 g/mol. The number of likely N-dealkylation sites (tertiary alicyclic amines) is 1. The summed E-state index contributed by atoms with van der Waals surface area (Å²) in [7, 11) is 0. The Morgan fingerprint density at radius 2 is 1.47 bits per heavy atom. The van der Waals surface area contributed by atoms with Gasteiger partial charge in [0.15, 0.2) is 0 Å². The first-order chi connectivity index (χ1) is 16.5. The summed E-state index contributed by atoms with van der Waals surface area (Å²) in [6.45, 7) is 3.49. The maximum absolute atomic E-state index is 13.5. The molecule has 2 atom stereocenters. The lowest BCUT2D eigenvalue weighted by molar-refractivity contribution is -0.139. The van der Waals surface area contributed by atoms with Crippen LogP contribution < -0.4 is 5.32 Å². The molecule has 0 bridgehead atoms. The van der Waals surface area contributed by atoms with Crippen molar-refractivity contribution in [3.05, 3.63) is 71.3 Å². The SMILES string of the molecule is O=C1COC2CCN(C(=O)N3CCN(C(c4ccc(F)cc4)c4ccc(F)cc4)CC3)C[C@H]2N1. The van der Waals surface area contributed by atoms with Crippen LogP contribution in [0.5, 0.6) is 0 Å². The summed E-state index contributed by atoms with van der Waals surface area (Å²) >= 11 is 0. The molecule has 34 heavy (non-hydrogen) atoms. The lowest BCUT2D eigenvalue weighted by Gasteiger charge is -2.44. The van der Waals surface area contributed by atoms with Gasteiger partial charge in [0.1, 0.15) is 18.2 Å². The lowest BCUT2D eigenvalue weighted by atomic mass is 9.96. The predicted molar refractivity (Wildman–Crippen MR) is 121 cm³/mol. The summed E-state index contributed by atoms with van der Waals surface area (Å²) < 4.78 is 32.7. The third kappa shape index (κ3) is 4.76. The molecule has 7 nitrogen and oxygen atoms in total. The average molecular weight is 471 g/mol. The zero-order chi connectivity index (χ0) is 23.7. The average Bonchev–Trinajstić information content (AvgIpc) is 2.86.